The molecule has 0 heterocycles. The number of allylic oxidation sites excluding steroid dienone is 4. The molecule has 1 atom stereocenters. The number of hydrogen-bond donors (Lipinski definition) is 1. The first kappa shape index (κ1) is 49.4. The number of hydrogen-bond acceptors (Lipinski definition) is 7. The molecule has 0 spiro atoms. The number of amides is 1. The number of unbranched alkanes of at least 4 members (excludes halogenated alkanes) is 22. The van der Waals surface area contributed by atoms with Crippen molar-refractivity contribution in [2.24, 2.45) is 0 Å². The van der Waals surface area contributed by atoms with Crippen LogP contribution in [0, 0.1) is 0 Å². The summed E-state index contributed by atoms with van der Waals surface area (Å²) in [6, 6.07) is 0. The molecule has 0 unspecified atom stereocenters. The third-order valence-electron chi connectivity index (χ3n) is 9.28. The lowest BCUT2D eigenvalue weighted by Crippen LogP contribution is -2.31. The van der Waals surface area contributed by atoms with Gasteiger partial charge in [-0.2, -0.15) is 0 Å². The molecule has 0 aliphatic carbocycles. The average Bonchev–Trinajstić information content (AvgIpc) is 3.14. The summed E-state index contributed by atoms with van der Waals surface area (Å²) in [6.45, 7) is 4.12. The zero-order valence-corrected chi connectivity index (χ0v) is 33.9. The van der Waals surface area contributed by atoms with Crippen LogP contribution in [0.3, 0.4) is 0 Å². The lowest BCUT2D eigenvalue weighted by atomic mass is 10.1. The lowest BCUT2D eigenvalue weighted by Gasteiger charge is -2.18. The maximum atomic E-state index is 12.6. The molecule has 0 rings (SSSR count). The van der Waals surface area contributed by atoms with Gasteiger partial charge < -0.3 is 19.5 Å². The molecular weight excluding hydrogens is 654 g/mol. The summed E-state index contributed by atoms with van der Waals surface area (Å²) in [5.74, 6) is -1.56. The van der Waals surface area contributed by atoms with Gasteiger partial charge in [0.1, 0.15) is 13.2 Å². The molecule has 0 saturated carbocycles. The molecule has 0 aliphatic rings. The molecule has 0 aromatic heterocycles. The summed E-state index contributed by atoms with van der Waals surface area (Å²) >= 11 is 0. The summed E-state index contributed by atoms with van der Waals surface area (Å²) in [5, 5.41) is 2.47. The van der Waals surface area contributed by atoms with E-state index < -0.39 is 18.0 Å². The van der Waals surface area contributed by atoms with Crippen molar-refractivity contribution in [2.75, 3.05) is 20.3 Å². The minimum absolute atomic E-state index is 0.0141. The fourth-order valence-corrected chi connectivity index (χ4v) is 5.90. The Morgan fingerprint density at radius 1 is 0.442 bits per heavy atom. The monoisotopic (exact) mass is 734 g/mol. The molecule has 0 aromatic carbocycles. The maximum absolute atomic E-state index is 12.6. The maximum Gasteiger partial charge on any atom is 0.306 e. The highest BCUT2D eigenvalue weighted by Crippen LogP contribution is 2.13. The quantitative estimate of drug-likeness (QED) is 0.0291. The Kier molecular flexibility index (Phi) is 37.6. The number of esters is 3. The van der Waals surface area contributed by atoms with Crippen LogP contribution < -0.4 is 5.32 Å². The third kappa shape index (κ3) is 37.1. The van der Waals surface area contributed by atoms with Gasteiger partial charge in [0.25, 0.3) is 0 Å². The third-order valence-corrected chi connectivity index (χ3v) is 9.28. The first-order chi connectivity index (χ1) is 25.4. The second-order valence-electron chi connectivity index (χ2n) is 14.3. The number of carbonyl (C=O) groups excluding carboxylic acids is 4. The summed E-state index contributed by atoms with van der Waals surface area (Å²) in [7, 11) is 1.50. The van der Waals surface area contributed by atoms with E-state index in [1.807, 2.05) is 0 Å². The van der Waals surface area contributed by atoms with Crippen molar-refractivity contribution in [3.05, 3.63) is 24.3 Å². The van der Waals surface area contributed by atoms with Gasteiger partial charge in [0, 0.05) is 26.3 Å². The van der Waals surface area contributed by atoms with E-state index in [9.17, 15) is 19.2 Å². The number of carbonyl (C=O) groups is 4. The molecule has 302 valence electrons. The van der Waals surface area contributed by atoms with Gasteiger partial charge in [0.15, 0.2) is 6.10 Å². The summed E-state index contributed by atoms with van der Waals surface area (Å²) in [4.78, 5) is 48.6. The van der Waals surface area contributed by atoms with Gasteiger partial charge in [-0.25, -0.2) is 0 Å². The second-order valence-corrected chi connectivity index (χ2v) is 14.3. The Morgan fingerprint density at radius 2 is 0.788 bits per heavy atom. The SMILES string of the molecule is CCCCCCCC/C=C\CCCCCCCC(=O)OC[C@@H](COC(=O)CCC(=O)NC)OC(=O)CCCCCCC/C=C\CCCCCCCC. The molecule has 0 radical (unpaired) electrons. The van der Waals surface area contributed by atoms with Crippen molar-refractivity contribution in [2.45, 2.75) is 213 Å². The number of ether oxygens (including phenoxy) is 3. The summed E-state index contributed by atoms with van der Waals surface area (Å²) in [5.41, 5.74) is 0. The van der Waals surface area contributed by atoms with E-state index in [0.717, 1.165) is 70.6 Å². The first-order valence-electron chi connectivity index (χ1n) is 21.4. The molecule has 0 aromatic rings. The van der Waals surface area contributed by atoms with Crippen LogP contribution in [0.2, 0.25) is 0 Å². The molecule has 8 heteroatoms. The van der Waals surface area contributed by atoms with Gasteiger partial charge in [-0.05, 0) is 64.2 Å². The van der Waals surface area contributed by atoms with Gasteiger partial charge in [0.05, 0.1) is 6.42 Å². The number of rotatable bonds is 38. The highest BCUT2D eigenvalue weighted by Gasteiger charge is 2.20. The second kappa shape index (κ2) is 39.6. The van der Waals surface area contributed by atoms with Gasteiger partial charge in [-0.15, -0.1) is 0 Å². The van der Waals surface area contributed by atoms with E-state index in [1.165, 1.54) is 103 Å². The van der Waals surface area contributed by atoms with Crippen molar-refractivity contribution >= 4 is 23.8 Å². The molecule has 0 aliphatic heterocycles. The van der Waals surface area contributed by atoms with Crippen molar-refractivity contribution in [1.82, 2.24) is 5.32 Å². The van der Waals surface area contributed by atoms with E-state index in [4.69, 9.17) is 14.2 Å². The van der Waals surface area contributed by atoms with Crippen LogP contribution in [-0.4, -0.2) is 50.2 Å². The van der Waals surface area contributed by atoms with E-state index >= 15 is 0 Å². The first-order valence-corrected chi connectivity index (χ1v) is 21.4. The van der Waals surface area contributed by atoms with E-state index in [0.29, 0.717) is 6.42 Å². The van der Waals surface area contributed by atoms with Crippen LogP contribution in [-0.2, 0) is 33.4 Å². The predicted molar refractivity (Wildman–Crippen MR) is 214 cm³/mol. The van der Waals surface area contributed by atoms with Crippen LogP contribution >= 0.6 is 0 Å². The van der Waals surface area contributed by atoms with Crippen molar-refractivity contribution in [3.8, 4) is 0 Å². The Morgan fingerprint density at radius 3 is 1.19 bits per heavy atom. The van der Waals surface area contributed by atoms with Crippen molar-refractivity contribution in [1.29, 1.82) is 0 Å². The minimum Gasteiger partial charge on any atom is -0.462 e. The van der Waals surface area contributed by atoms with Crippen LogP contribution in [0.1, 0.15) is 206 Å². The van der Waals surface area contributed by atoms with Crippen molar-refractivity contribution < 1.29 is 33.4 Å². The number of nitrogens with one attached hydrogen (secondary N) is 1. The van der Waals surface area contributed by atoms with Gasteiger partial charge in [-0.1, -0.05) is 141 Å². The summed E-state index contributed by atoms with van der Waals surface area (Å²) < 4.78 is 16.2. The standard InChI is InChI=1S/C44H79NO7/c1-4-6-8-10-12-14-16-18-20-22-24-26-28-30-32-34-42(47)50-38-40(39-51-43(48)37-36-41(46)45-3)52-44(49)35-33-31-29-27-25-23-21-19-17-15-13-11-9-7-5-2/h18-21,40H,4-17,22-39H2,1-3H3,(H,45,46)/b20-18-,21-19-/t40-/m0/s1. The minimum atomic E-state index is -0.877. The fraction of sp³-hybridized carbons (Fsp3) is 0.818. The molecule has 1 N–H and O–H groups in total. The lowest BCUT2D eigenvalue weighted by molar-refractivity contribution is -0.167. The average molecular weight is 734 g/mol. The highest BCUT2D eigenvalue weighted by molar-refractivity contribution is 5.81. The smallest absolute Gasteiger partial charge is 0.306 e. The van der Waals surface area contributed by atoms with Gasteiger partial charge in [-0.3, -0.25) is 19.2 Å². The van der Waals surface area contributed by atoms with Crippen LogP contribution in [0.25, 0.3) is 0 Å². The van der Waals surface area contributed by atoms with Crippen molar-refractivity contribution in [3.63, 3.8) is 0 Å². The molecule has 1 amide bonds. The Hall–Kier alpha value is -2.64. The van der Waals surface area contributed by atoms with Gasteiger partial charge >= 0.3 is 17.9 Å². The van der Waals surface area contributed by atoms with Crippen LogP contribution in [0.4, 0.5) is 0 Å². The van der Waals surface area contributed by atoms with E-state index in [1.54, 1.807) is 0 Å². The predicted octanol–water partition coefficient (Wildman–Crippen LogP) is 11.6. The zero-order chi connectivity index (χ0) is 38.2. The Labute approximate surface area is 319 Å². The van der Waals surface area contributed by atoms with Crippen LogP contribution in [0.15, 0.2) is 24.3 Å². The Balaban J connectivity index is 4.22. The molecule has 52 heavy (non-hydrogen) atoms. The Bertz CT molecular complexity index is 916. The highest BCUT2D eigenvalue weighted by atomic mass is 16.6. The van der Waals surface area contributed by atoms with Crippen LogP contribution in [0.5, 0.6) is 0 Å². The molecular formula is C44H79NO7. The molecule has 0 bridgehead atoms. The summed E-state index contributed by atoms with van der Waals surface area (Å²) in [6.07, 6.45) is 39.6. The normalized spacial score (nSPS) is 12.0. The molecule has 0 saturated heterocycles. The largest absolute Gasteiger partial charge is 0.462 e. The zero-order valence-electron chi connectivity index (χ0n) is 33.9. The van der Waals surface area contributed by atoms with E-state index in [-0.39, 0.29) is 44.4 Å². The molecule has 0 fully saturated rings. The van der Waals surface area contributed by atoms with E-state index in [2.05, 4.69) is 43.5 Å². The molecule has 8 nitrogen and oxygen atoms in total. The van der Waals surface area contributed by atoms with Gasteiger partial charge in [0.2, 0.25) is 5.91 Å². The topological polar surface area (TPSA) is 108 Å². The fourth-order valence-electron chi connectivity index (χ4n) is 5.90.